The van der Waals surface area contributed by atoms with E-state index in [4.69, 9.17) is 9.40 Å². The first-order chi connectivity index (χ1) is 26.8. The van der Waals surface area contributed by atoms with Crippen LogP contribution in [0.15, 0.2) is 186 Å². The summed E-state index contributed by atoms with van der Waals surface area (Å²) in [5.41, 5.74) is 15.2. The molecule has 5 nitrogen and oxygen atoms in total. The number of oxazole rings is 1. The first-order valence-corrected chi connectivity index (χ1v) is 18.3. The minimum absolute atomic E-state index is 0.599. The van der Waals surface area contributed by atoms with E-state index in [0.29, 0.717) is 5.84 Å². The molecule has 0 saturated heterocycles. The van der Waals surface area contributed by atoms with E-state index in [2.05, 4.69) is 177 Å². The third-order valence-electron chi connectivity index (χ3n) is 11.1. The normalized spacial score (nSPS) is 12.1. The van der Waals surface area contributed by atoms with Gasteiger partial charge in [0.1, 0.15) is 0 Å². The lowest BCUT2D eigenvalue weighted by Crippen LogP contribution is -1.98. The van der Waals surface area contributed by atoms with Gasteiger partial charge < -0.3 is 13.6 Å². The predicted octanol–water partition coefficient (Wildman–Crippen LogP) is 12.8. The van der Waals surface area contributed by atoms with E-state index in [1.807, 2.05) is 18.2 Å². The summed E-state index contributed by atoms with van der Waals surface area (Å²) in [5, 5.41) is 4.95. The molecule has 0 N–H and O–H groups in total. The maximum atomic E-state index is 6.57. The standard InChI is InChI=1S/C49H30N4O/c1-2-15-33(38-20-13-27-47-48(38)54-49-50-40-21-7-12-26-46(40)53(47)49)32(14-1)34-16-3-10-24-43(34)52-44-25-11-6-19-37(44)39-30-31(28-29-45(39)52)51-41-22-8-4-17-35(41)36-18-5-9-23-42(36)51/h1-30H. The molecule has 0 spiro atoms. The first kappa shape index (κ1) is 29.2. The van der Waals surface area contributed by atoms with E-state index < -0.39 is 0 Å². The summed E-state index contributed by atoms with van der Waals surface area (Å²) in [6.45, 7) is 0. The molecule has 4 heterocycles. The van der Waals surface area contributed by atoms with Gasteiger partial charge in [-0.1, -0.05) is 121 Å². The van der Waals surface area contributed by atoms with Crippen molar-refractivity contribution in [2.75, 3.05) is 0 Å². The zero-order chi connectivity index (χ0) is 35.3. The lowest BCUT2D eigenvalue weighted by Gasteiger charge is -2.17. The van der Waals surface area contributed by atoms with Crippen LogP contribution in [0.4, 0.5) is 0 Å². The molecular weight excluding hydrogens is 661 g/mol. The van der Waals surface area contributed by atoms with E-state index in [0.717, 1.165) is 66.8 Å². The summed E-state index contributed by atoms with van der Waals surface area (Å²) < 4.78 is 13.5. The third-order valence-corrected chi connectivity index (χ3v) is 11.1. The number of hydrogen-bond acceptors (Lipinski definition) is 2. The van der Waals surface area contributed by atoms with Crippen LogP contribution < -0.4 is 0 Å². The van der Waals surface area contributed by atoms with Crippen LogP contribution in [0.25, 0.3) is 105 Å². The molecule has 0 radical (unpaired) electrons. The van der Waals surface area contributed by atoms with Crippen LogP contribution in [0, 0.1) is 0 Å². The highest BCUT2D eigenvalue weighted by Gasteiger charge is 2.21. The fraction of sp³-hybridized carbons (Fsp3) is 0. The van der Waals surface area contributed by atoms with Gasteiger partial charge in [0, 0.05) is 38.4 Å². The number of rotatable bonds is 4. The Balaban J connectivity index is 1.08. The Bertz CT molecular complexity index is 3410. The van der Waals surface area contributed by atoms with Crippen molar-refractivity contribution in [1.29, 1.82) is 0 Å². The van der Waals surface area contributed by atoms with E-state index >= 15 is 0 Å². The molecule has 0 saturated carbocycles. The van der Waals surface area contributed by atoms with Gasteiger partial charge in [-0.2, -0.15) is 4.98 Å². The van der Waals surface area contributed by atoms with Gasteiger partial charge in [0.2, 0.25) is 0 Å². The third kappa shape index (κ3) is 4.01. The summed E-state index contributed by atoms with van der Waals surface area (Å²) in [6.07, 6.45) is 0. The van der Waals surface area contributed by atoms with Gasteiger partial charge in [-0.05, 0) is 71.8 Å². The van der Waals surface area contributed by atoms with Crippen LogP contribution in [0.3, 0.4) is 0 Å². The largest absolute Gasteiger partial charge is 0.422 e. The second-order valence-electron chi connectivity index (χ2n) is 14.0. The topological polar surface area (TPSA) is 40.3 Å². The van der Waals surface area contributed by atoms with Crippen molar-refractivity contribution in [2.24, 2.45) is 0 Å². The van der Waals surface area contributed by atoms with Gasteiger partial charge in [-0.25, -0.2) is 0 Å². The quantitative estimate of drug-likeness (QED) is 0.184. The van der Waals surface area contributed by atoms with Gasteiger partial charge in [-0.15, -0.1) is 0 Å². The van der Waals surface area contributed by atoms with Crippen LogP contribution in [-0.4, -0.2) is 18.5 Å². The number of para-hydroxylation sites is 7. The monoisotopic (exact) mass is 690 g/mol. The van der Waals surface area contributed by atoms with Crippen molar-refractivity contribution in [3.8, 4) is 33.6 Å². The van der Waals surface area contributed by atoms with E-state index in [-0.39, 0.29) is 0 Å². The number of nitrogens with zero attached hydrogens (tertiary/aromatic N) is 4. The molecule has 4 aromatic heterocycles. The molecule has 54 heavy (non-hydrogen) atoms. The molecule has 0 aliphatic rings. The highest BCUT2D eigenvalue weighted by molar-refractivity contribution is 6.13. The Morgan fingerprint density at radius 2 is 0.889 bits per heavy atom. The van der Waals surface area contributed by atoms with Gasteiger partial charge in [0.25, 0.3) is 0 Å². The summed E-state index contributed by atoms with van der Waals surface area (Å²) in [4.78, 5) is 4.82. The minimum atomic E-state index is 0.599. The summed E-state index contributed by atoms with van der Waals surface area (Å²) in [6, 6.07) is 65.1. The number of benzene rings is 8. The maximum Gasteiger partial charge on any atom is 0.307 e. The lowest BCUT2D eigenvalue weighted by atomic mass is 9.93. The smallest absolute Gasteiger partial charge is 0.307 e. The van der Waals surface area contributed by atoms with Crippen molar-refractivity contribution >= 4 is 71.6 Å². The first-order valence-electron chi connectivity index (χ1n) is 18.3. The Hall–Kier alpha value is -7.37. The average molecular weight is 691 g/mol. The molecule has 0 unspecified atom stereocenters. The van der Waals surface area contributed by atoms with Gasteiger partial charge in [0.15, 0.2) is 5.58 Å². The SMILES string of the molecule is c1ccc(-c2cccc3c2oc2nc4ccccc4n23)c(-c2ccccc2-n2c3ccccc3c3cc(-n4c5ccccc5c5ccccc54)ccc32)c1. The maximum absolute atomic E-state index is 6.57. The van der Waals surface area contributed by atoms with E-state index in [9.17, 15) is 0 Å². The Morgan fingerprint density at radius 1 is 0.370 bits per heavy atom. The van der Waals surface area contributed by atoms with Crippen LogP contribution in [0.1, 0.15) is 0 Å². The fourth-order valence-electron chi connectivity index (χ4n) is 8.83. The summed E-state index contributed by atoms with van der Waals surface area (Å²) in [7, 11) is 0. The van der Waals surface area contributed by atoms with Gasteiger partial charge >= 0.3 is 5.84 Å². The Morgan fingerprint density at radius 3 is 1.63 bits per heavy atom. The van der Waals surface area contributed by atoms with Crippen molar-refractivity contribution in [2.45, 2.75) is 0 Å². The molecule has 12 rings (SSSR count). The van der Waals surface area contributed by atoms with E-state index in [1.54, 1.807) is 0 Å². The van der Waals surface area contributed by atoms with Crippen LogP contribution in [0.2, 0.25) is 0 Å². The zero-order valence-corrected chi connectivity index (χ0v) is 29.0. The van der Waals surface area contributed by atoms with Crippen molar-refractivity contribution in [1.82, 2.24) is 18.5 Å². The molecule has 0 atom stereocenters. The molecule has 0 aliphatic carbocycles. The average Bonchev–Trinajstić information content (AvgIpc) is 3.97. The summed E-state index contributed by atoms with van der Waals surface area (Å²) in [5.74, 6) is 0.599. The Kier molecular flexibility index (Phi) is 5.99. The molecule has 0 bridgehead atoms. The molecule has 0 amide bonds. The molecule has 12 aromatic rings. The molecular formula is C49H30N4O. The molecule has 0 aliphatic heterocycles. The number of aromatic nitrogens is 4. The van der Waals surface area contributed by atoms with Crippen molar-refractivity contribution in [3.05, 3.63) is 182 Å². The van der Waals surface area contributed by atoms with Crippen molar-refractivity contribution in [3.63, 3.8) is 0 Å². The Labute approximate surface area is 309 Å². The number of fused-ring (bicyclic) bond motifs is 11. The van der Waals surface area contributed by atoms with Gasteiger partial charge in [-0.3, -0.25) is 4.40 Å². The number of hydrogen-bond donors (Lipinski definition) is 0. The zero-order valence-electron chi connectivity index (χ0n) is 29.0. The molecule has 5 heteroatoms. The second kappa shape index (κ2) is 11.1. The van der Waals surface area contributed by atoms with Crippen LogP contribution in [-0.2, 0) is 0 Å². The summed E-state index contributed by atoms with van der Waals surface area (Å²) >= 11 is 0. The molecule has 252 valence electrons. The predicted molar refractivity (Wildman–Crippen MR) is 222 cm³/mol. The van der Waals surface area contributed by atoms with E-state index in [1.165, 1.54) is 32.6 Å². The highest BCUT2D eigenvalue weighted by Crippen LogP contribution is 2.43. The second-order valence-corrected chi connectivity index (χ2v) is 14.0. The molecule has 0 fully saturated rings. The lowest BCUT2D eigenvalue weighted by molar-refractivity contribution is 0.644. The van der Waals surface area contributed by atoms with Gasteiger partial charge in [0.05, 0.1) is 44.3 Å². The highest BCUT2D eigenvalue weighted by atomic mass is 16.4. The van der Waals surface area contributed by atoms with Crippen molar-refractivity contribution < 1.29 is 4.42 Å². The van der Waals surface area contributed by atoms with Crippen LogP contribution in [0.5, 0.6) is 0 Å². The molecule has 8 aromatic carbocycles. The minimum Gasteiger partial charge on any atom is -0.422 e. The number of imidazole rings is 1. The van der Waals surface area contributed by atoms with Crippen LogP contribution >= 0.6 is 0 Å². The fourth-order valence-corrected chi connectivity index (χ4v) is 8.83.